The third kappa shape index (κ3) is 6.62. The van der Waals surface area contributed by atoms with E-state index in [1.54, 1.807) is 39.0 Å². The van der Waals surface area contributed by atoms with E-state index in [9.17, 15) is 9.59 Å². The number of benzene rings is 1. The van der Waals surface area contributed by atoms with Crippen LogP contribution < -0.4 is 10.1 Å². The number of rotatable bonds is 5. The van der Waals surface area contributed by atoms with Crippen molar-refractivity contribution in [1.82, 2.24) is 5.32 Å². The first-order valence-corrected chi connectivity index (χ1v) is 7.38. The zero-order chi connectivity index (χ0) is 16.0. The molecule has 0 heterocycles. The summed E-state index contributed by atoms with van der Waals surface area (Å²) in [5, 5.41) is 2.59. The summed E-state index contributed by atoms with van der Waals surface area (Å²) in [6, 6.07) is 5.20. The summed E-state index contributed by atoms with van der Waals surface area (Å²) in [6.45, 7) is 7.40. The summed E-state index contributed by atoms with van der Waals surface area (Å²) in [4.78, 5) is 22.9. The van der Waals surface area contributed by atoms with Crippen molar-refractivity contribution in [2.75, 3.05) is 13.2 Å². The van der Waals surface area contributed by atoms with Crippen molar-refractivity contribution in [3.63, 3.8) is 0 Å². The van der Waals surface area contributed by atoms with E-state index in [-0.39, 0.29) is 12.4 Å². The summed E-state index contributed by atoms with van der Waals surface area (Å²) < 4.78 is 11.5. The molecule has 1 aromatic rings. The van der Waals surface area contributed by atoms with E-state index in [0.717, 1.165) is 4.47 Å². The smallest absolute Gasteiger partial charge is 0.407 e. The maximum Gasteiger partial charge on any atom is 0.407 e. The van der Waals surface area contributed by atoms with Crippen molar-refractivity contribution in [1.29, 1.82) is 0 Å². The Morgan fingerprint density at radius 3 is 2.52 bits per heavy atom. The van der Waals surface area contributed by atoms with E-state index in [0.29, 0.717) is 17.9 Å². The Morgan fingerprint density at radius 2 is 1.95 bits per heavy atom. The third-order valence-corrected chi connectivity index (χ3v) is 2.84. The van der Waals surface area contributed by atoms with Gasteiger partial charge < -0.3 is 14.8 Å². The van der Waals surface area contributed by atoms with Gasteiger partial charge in [0.2, 0.25) is 0 Å². The Kier molecular flexibility index (Phi) is 6.20. The van der Waals surface area contributed by atoms with Crippen molar-refractivity contribution in [2.24, 2.45) is 0 Å². The van der Waals surface area contributed by atoms with E-state index < -0.39 is 11.7 Å². The molecule has 6 heteroatoms. The highest BCUT2D eigenvalue weighted by Crippen LogP contribution is 2.24. The molecular weight excluding hydrogens is 338 g/mol. The van der Waals surface area contributed by atoms with Crippen molar-refractivity contribution in [3.05, 3.63) is 28.2 Å². The largest absolute Gasteiger partial charge is 0.491 e. The number of ether oxygens (including phenoxy) is 2. The van der Waals surface area contributed by atoms with Gasteiger partial charge in [0, 0.05) is 4.47 Å². The van der Waals surface area contributed by atoms with Crippen LogP contribution in [0.5, 0.6) is 5.75 Å². The van der Waals surface area contributed by atoms with E-state index >= 15 is 0 Å². The van der Waals surface area contributed by atoms with Gasteiger partial charge in [-0.1, -0.05) is 15.9 Å². The van der Waals surface area contributed by atoms with E-state index in [2.05, 4.69) is 21.2 Å². The lowest BCUT2D eigenvalue weighted by Gasteiger charge is -2.19. The average molecular weight is 358 g/mol. The molecular formula is C15H20BrNO4. The standard InChI is InChI=1S/C15H20BrNO4/c1-10(18)12-6-5-11(16)9-13(12)20-8-7-17-14(19)21-15(2,3)4/h5-6,9H,7-8H2,1-4H3,(H,17,19). The van der Waals surface area contributed by atoms with Crippen LogP contribution in [0, 0.1) is 0 Å². The Labute approximate surface area is 133 Å². The lowest BCUT2D eigenvalue weighted by molar-refractivity contribution is 0.0519. The molecule has 5 nitrogen and oxygen atoms in total. The van der Waals surface area contributed by atoms with Crippen LogP contribution in [0.1, 0.15) is 38.1 Å². The molecule has 0 aliphatic carbocycles. The van der Waals surface area contributed by atoms with Crippen LogP contribution >= 0.6 is 15.9 Å². The van der Waals surface area contributed by atoms with Gasteiger partial charge in [-0.05, 0) is 45.9 Å². The molecule has 1 rings (SSSR count). The number of ketones is 1. The molecule has 1 aromatic carbocycles. The number of halogens is 1. The Balaban J connectivity index is 2.48. The maximum absolute atomic E-state index is 11.5. The van der Waals surface area contributed by atoms with E-state index in [4.69, 9.17) is 9.47 Å². The molecule has 1 N–H and O–H groups in total. The summed E-state index contributed by atoms with van der Waals surface area (Å²) in [7, 11) is 0. The zero-order valence-electron chi connectivity index (χ0n) is 12.7. The Hall–Kier alpha value is -1.56. The van der Waals surface area contributed by atoms with E-state index in [1.807, 2.05) is 0 Å². The first-order chi connectivity index (χ1) is 9.69. The number of hydrogen-bond acceptors (Lipinski definition) is 4. The van der Waals surface area contributed by atoms with Crippen LogP contribution in [-0.4, -0.2) is 30.6 Å². The number of nitrogens with one attached hydrogen (secondary N) is 1. The molecule has 0 unspecified atom stereocenters. The summed E-state index contributed by atoms with van der Waals surface area (Å²) in [6.07, 6.45) is -0.493. The molecule has 0 aromatic heterocycles. The molecule has 1 amide bonds. The van der Waals surface area contributed by atoms with Crippen LogP contribution in [-0.2, 0) is 4.74 Å². The fourth-order valence-electron chi connectivity index (χ4n) is 1.53. The molecule has 0 spiro atoms. The number of carbonyl (C=O) groups is 2. The monoisotopic (exact) mass is 357 g/mol. The highest BCUT2D eigenvalue weighted by Gasteiger charge is 2.15. The minimum Gasteiger partial charge on any atom is -0.491 e. The second-order valence-corrected chi connectivity index (χ2v) is 6.39. The van der Waals surface area contributed by atoms with Crippen molar-refractivity contribution >= 4 is 27.8 Å². The first-order valence-electron chi connectivity index (χ1n) is 6.59. The highest BCUT2D eigenvalue weighted by atomic mass is 79.9. The second kappa shape index (κ2) is 7.45. The fourth-order valence-corrected chi connectivity index (χ4v) is 1.87. The van der Waals surface area contributed by atoms with E-state index in [1.165, 1.54) is 6.92 Å². The highest BCUT2D eigenvalue weighted by molar-refractivity contribution is 9.10. The lowest BCUT2D eigenvalue weighted by atomic mass is 10.1. The number of Topliss-reactive ketones (excluding diaryl/α,β-unsaturated/α-hetero) is 1. The van der Waals surface area contributed by atoms with Crippen LogP contribution in [0.2, 0.25) is 0 Å². The molecule has 0 bridgehead atoms. The zero-order valence-corrected chi connectivity index (χ0v) is 14.2. The van der Waals surface area contributed by atoms with Gasteiger partial charge in [0.25, 0.3) is 0 Å². The van der Waals surface area contributed by atoms with Crippen molar-refractivity contribution in [2.45, 2.75) is 33.3 Å². The number of alkyl carbamates (subject to hydrolysis) is 1. The average Bonchev–Trinajstić information content (AvgIpc) is 2.32. The van der Waals surface area contributed by atoms with Crippen molar-refractivity contribution in [3.8, 4) is 5.75 Å². The predicted octanol–water partition coefficient (Wildman–Crippen LogP) is 3.56. The Bertz CT molecular complexity index is 523. The van der Waals surface area contributed by atoms with Gasteiger partial charge in [-0.2, -0.15) is 0 Å². The normalized spacial score (nSPS) is 10.9. The fraction of sp³-hybridized carbons (Fsp3) is 0.467. The molecule has 0 atom stereocenters. The summed E-state index contributed by atoms with van der Waals surface area (Å²) >= 11 is 3.33. The quantitative estimate of drug-likeness (QED) is 0.646. The maximum atomic E-state index is 11.5. The molecule has 0 aliphatic rings. The SMILES string of the molecule is CC(=O)c1ccc(Br)cc1OCCNC(=O)OC(C)(C)C. The first kappa shape index (κ1) is 17.5. The number of carbonyl (C=O) groups excluding carboxylic acids is 2. The van der Waals surface area contributed by atoms with Gasteiger partial charge in [0.15, 0.2) is 5.78 Å². The van der Waals surface area contributed by atoms with Gasteiger partial charge in [0.05, 0.1) is 12.1 Å². The van der Waals surface area contributed by atoms with Crippen LogP contribution in [0.15, 0.2) is 22.7 Å². The Morgan fingerprint density at radius 1 is 1.29 bits per heavy atom. The lowest BCUT2D eigenvalue weighted by Crippen LogP contribution is -2.34. The van der Waals surface area contributed by atoms with Gasteiger partial charge >= 0.3 is 6.09 Å². The molecule has 0 saturated heterocycles. The predicted molar refractivity (Wildman–Crippen MR) is 83.9 cm³/mol. The van der Waals surface area contributed by atoms with Gasteiger partial charge in [-0.15, -0.1) is 0 Å². The summed E-state index contributed by atoms with van der Waals surface area (Å²) in [5.41, 5.74) is -0.0210. The molecule has 0 aliphatic heterocycles. The van der Waals surface area contributed by atoms with Crippen molar-refractivity contribution < 1.29 is 19.1 Å². The topological polar surface area (TPSA) is 64.6 Å². The second-order valence-electron chi connectivity index (χ2n) is 5.47. The van der Waals surface area contributed by atoms with Crippen LogP contribution in [0.25, 0.3) is 0 Å². The molecule has 0 radical (unpaired) electrons. The van der Waals surface area contributed by atoms with Crippen LogP contribution in [0.4, 0.5) is 4.79 Å². The van der Waals surface area contributed by atoms with Crippen LogP contribution in [0.3, 0.4) is 0 Å². The number of hydrogen-bond donors (Lipinski definition) is 1. The molecule has 21 heavy (non-hydrogen) atoms. The van der Waals surface area contributed by atoms with Gasteiger partial charge in [-0.3, -0.25) is 4.79 Å². The molecule has 0 saturated carbocycles. The molecule has 116 valence electrons. The summed E-state index contributed by atoms with van der Waals surface area (Å²) in [5.74, 6) is 0.417. The van der Waals surface area contributed by atoms with Gasteiger partial charge in [-0.25, -0.2) is 4.79 Å². The third-order valence-electron chi connectivity index (χ3n) is 2.35. The van der Waals surface area contributed by atoms with Gasteiger partial charge in [0.1, 0.15) is 18.0 Å². The number of amides is 1. The molecule has 0 fully saturated rings. The minimum atomic E-state index is -0.531. The minimum absolute atomic E-state index is 0.0717.